The zero-order valence-corrected chi connectivity index (χ0v) is 19.0. The Kier molecular flexibility index (Phi) is 7.35. The van der Waals surface area contributed by atoms with E-state index in [1.54, 1.807) is 6.20 Å². The summed E-state index contributed by atoms with van der Waals surface area (Å²) in [7, 11) is 0. The Morgan fingerprint density at radius 2 is 1.58 bits per heavy atom. The van der Waals surface area contributed by atoms with Gasteiger partial charge in [0, 0.05) is 44.4 Å². The van der Waals surface area contributed by atoms with Gasteiger partial charge in [-0.3, -0.25) is 9.59 Å². The molecular formula is C27H30N4O2. The van der Waals surface area contributed by atoms with Crippen LogP contribution in [0.1, 0.15) is 28.4 Å². The van der Waals surface area contributed by atoms with Crippen LogP contribution in [-0.2, 0) is 17.6 Å². The van der Waals surface area contributed by atoms with E-state index >= 15 is 0 Å². The highest BCUT2D eigenvalue weighted by Gasteiger charge is 2.29. The molecule has 1 fully saturated rings. The van der Waals surface area contributed by atoms with Crippen molar-refractivity contribution in [2.45, 2.75) is 25.8 Å². The fourth-order valence-corrected chi connectivity index (χ4v) is 4.10. The predicted octanol–water partition coefficient (Wildman–Crippen LogP) is 3.33. The van der Waals surface area contributed by atoms with Gasteiger partial charge < -0.3 is 15.1 Å². The number of anilines is 1. The maximum Gasteiger partial charge on any atom is 0.251 e. The molecule has 0 spiro atoms. The summed E-state index contributed by atoms with van der Waals surface area (Å²) in [5.74, 6) is 0.659. The van der Waals surface area contributed by atoms with Gasteiger partial charge in [-0.15, -0.1) is 0 Å². The summed E-state index contributed by atoms with van der Waals surface area (Å²) in [5, 5.41) is 3.00. The van der Waals surface area contributed by atoms with Crippen LogP contribution in [0.2, 0.25) is 0 Å². The van der Waals surface area contributed by atoms with E-state index in [0.29, 0.717) is 38.2 Å². The number of hydrogen-bond donors (Lipinski definition) is 1. The minimum Gasteiger partial charge on any atom is -0.353 e. The van der Waals surface area contributed by atoms with Crippen LogP contribution in [0.3, 0.4) is 0 Å². The zero-order valence-electron chi connectivity index (χ0n) is 19.0. The molecule has 1 aromatic heterocycles. The Balaban J connectivity index is 1.45. The van der Waals surface area contributed by atoms with E-state index in [1.165, 1.54) is 5.56 Å². The average molecular weight is 443 g/mol. The Hall–Kier alpha value is -3.67. The zero-order chi connectivity index (χ0) is 23.0. The average Bonchev–Trinajstić information content (AvgIpc) is 2.89. The van der Waals surface area contributed by atoms with Crippen molar-refractivity contribution in [2.75, 3.05) is 31.1 Å². The largest absolute Gasteiger partial charge is 0.353 e. The van der Waals surface area contributed by atoms with E-state index in [9.17, 15) is 9.59 Å². The molecule has 6 nitrogen and oxygen atoms in total. The molecule has 2 aromatic carbocycles. The maximum atomic E-state index is 13.5. The highest BCUT2D eigenvalue weighted by atomic mass is 16.2. The number of hydrogen-bond acceptors (Lipinski definition) is 4. The van der Waals surface area contributed by atoms with Crippen molar-refractivity contribution in [3.63, 3.8) is 0 Å². The summed E-state index contributed by atoms with van der Waals surface area (Å²) in [4.78, 5) is 34.9. The molecule has 0 radical (unpaired) electrons. The molecule has 0 saturated carbocycles. The number of carbonyl (C=O) groups is 2. The van der Waals surface area contributed by atoms with E-state index in [1.807, 2.05) is 77.7 Å². The van der Waals surface area contributed by atoms with Gasteiger partial charge in [0.25, 0.3) is 5.91 Å². The summed E-state index contributed by atoms with van der Waals surface area (Å²) in [6.45, 7) is 4.71. The highest BCUT2D eigenvalue weighted by molar-refractivity contribution is 5.97. The Morgan fingerprint density at radius 1 is 0.879 bits per heavy atom. The second kappa shape index (κ2) is 10.8. The number of nitrogens with zero attached hydrogens (tertiary/aromatic N) is 3. The van der Waals surface area contributed by atoms with Crippen LogP contribution in [0, 0.1) is 0 Å². The molecule has 170 valence electrons. The lowest BCUT2D eigenvalue weighted by Gasteiger charge is -2.37. The van der Waals surface area contributed by atoms with Gasteiger partial charge in [-0.05, 0) is 41.8 Å². The number of amides is 2. The third-order valence-electron chi connectivity index (χ3n) is 6.08. The van der Waals surface area contributed by atoms with Gasteiger partial charge in [-0.2, -0.15) is 0 Å². The van der Waals surface area contributed by atoms with Crippen molar-refractivity contribution < 1.29 is 9.59 Å². The minimum absolute atomic E-state index is 0.0435. The molecule has 1 N–H and O–H groups in total. The Morgan fingerprint density at radius 3 is 2.21 bits per heavy atom. The van der Waals surface area contributed by atoms with Crippen molar-refractivity contribution in [2.24, 2.45) is 0 Å². The fourth-order valence-electron chi connectivity index (χ4n) is 4.10. The third-order valence-corrected chi connectivity index (χ3v) is 6.08. The van der Waals surface area contributed by atoms with Crippen LogP contribution < -0.4 is 10.2 Å². The van der Waals surface area contributed by atoms with Gasteiger partial charge >= 0.3 is 0 Å². The number of aryl methyl sites for hydroxylation is 1. The van der Waals surface area contributed by atoms with Crippen LogP contribution in [0.25, 0.3) is 0 Å². The molecule has 1 unspecified atom stereocenters. The summed E-state index contributed by atoms with van der Waals surface area (Å²) >= 11 is 0. The van der Waals surface area contributed by atoms with Crippen molar-refractivity contribution in [3.05, 3.63) is 95.7 Å². The highest BCUT2D eigenvalue weighted by Crippen LogP contribution is 2.15. The monoisotopic (exact) mass is 442 g/mol. The van der Waals surface area contributed by atoms with Crippen molar-refractivity contribution in [1.82, 2.24) is 15.2 Å². The molecule has 4 rings (SSSR count). The quantitative estimate of drug-likeness (QED) is 0.610. The van der Waals surface area contributed by atoms with Gasteiger partial charge in [0.15, 0.2) is 0 Å². The van der Waals surface area contributed by atoms with E-state index in [-0.39, 0.29) is 11.8 Å². The molecule has 6 heteroatoms. The first kappa shape index (κ1) is 22.5. The van der Waals surface area contributed by atoms with E-state index in [0.717, 1.165) is 17.8 Å². The Bertz CT molecular complexity index is 1050. The van der Waals surface area contributed by atoms with Crippen molar-refractivity contribution >= 4 is 17.6 Å². The van der Waals surface area contributed by atoms with E-state index in [2.05, 4.69) is 22.1 Å². The first-order chi connectivity index (χ1) is 16.1. The number of pyridine rings is 1. The van der Waals surface area contributed by atoms with Crippen LogP contribution in [0.5, 0.6) is 0 Å². The summed E-state index contributed by atoms with van der Waals surface area (Å²) in [6.07, 6.45) is 3.16. The standard InChI is InChI=1S/C27H30N4O2/c1-2-21-11-13-23(14-12-21)26(32)29-24(20-22-8-4-3-5-9-22)27(33)31-18-16-30(17-19-31)25-10-6-7-15-28-25/h3-15,24H,2,16-20H2,1H3,(H,29,32). The van der Waals surface area contributed by atoms with Crippen LogP contribution in [-0.4, -0.2) is 53.9 Å². The minimum atomic E-state index is -0.618. The summed E-state index contributed by atoms with van der Waals surface area (Å²) < 4.78 is 0. The van der Waals surface area contributed by atoms with Crippen LogP contribution >= 0.6 is 0 Å². The van der Waals surface area contributed by atoms with Crippen LogP contribution in [0.4, 0.5) is 5.82 Å². The van der Waals surface area contributed by atoms with Gasteiger partial charge in [-0.25, -0.2) is 4.98 Å². The normalized spacial score (nSPS) is 14.6. The Labute approximate surface area is 195 Å². The molecule has 3 aromatic rings. The van der Waals surface area contributed by atoms with Gasteiger partial charge in [-0.1, -0.05) is 55.5 Å². The molecular weight excluding hydrogens is 412 g/mol. The SMILES string of the molecule is CCc1ccc(C(=O)NC(Cc2ccccc2)C(=O)N2CCN(c3ccccn3)CC2)cc1. The van der Waals surface area contributed by atoms with Gasteiger partial charge in [0.2, 0.25) is 5.91 Å². The van der Waals surface area contributed by atoms with E-state index in [4.69, 9.17) is 0 Å². The van der Waals surface area contributed by atoms with E-state index < -0.39 is 6.04 Å². The van der Waals surface area contributed by atoms with Gasteiger partial charge in [0.1, 0.15) is 11.9 Å². The number of carbonyl (C=O) groups excluding carboxylic acids is 2. The molecule has 0 aliphatic carbocycles. The molecule has 1 aliphatic rings. The lowest BCUT2D eigenvalue weighted by Crippen LogP contribution is -2.55. The second-order valence-corrected chi connectivity index (χ2v) is 8.27. The molecule has 0 bridgehead atoms. The van der Waals surface area contributed by atoms with Crippen molar-refractivity contribution in [3.8, 4) is 0 Å². The molecule has 2 heterocycles. The lowest BCUT2D eigenvalue weighted by atomic mass is 10.0. The molecule has 33 heavy (non-hydrogen) atoms. The number of piperazine rings is 1. The summed E-state index contributed by atoms with van der Waals surface area (Å²) in [6, 6.07) is 22.6. The lowest BCUT2D eigenvalue weighted by molar-refractivity contribution is -0.133. The number of benzene rings is 2. The summed E-state index contributed by atoms with van der Waals surface area (Å²) in [5.41, 5.74) is 2.76. The number of nitrogens with one attached hydrogen (secondary N) is 1. The molecule has 1 aliphatic heterocycles. The number of aromatic nitrogens is 1. The molecule has 1 atom stereocenters. The number of rotatable bonds is 7. The topological polar surface area (TPSA) is 65.5 Å². The first-order valence-corrected chi connectivity index (χ1v) is 11.5. The smallest absolute Gasteiger partial charge is 0.251 e. The maximum absolute atomic E-state index is 13.5. The molecule has 1 saturated heterocycles. The second-order valence-electron chi connectivity index (χ2n) is 8.27. The predicted molar refractivity (Wildman–Crippen MR) is 130 cm³/mol. The first-order valence-electron chi connectivity index (χ1n) is 11.5. The molecule has 2 amide bonds. The van der Waals surface area contributed by atoms with Crippen LogP contribution in [0.15, 0.2) is 79.0 Å². The third kappa shape index (κ3) is 5.77. The van der Waals surface area contributed by atoms with Crippen molar-refractivity contribution in [1.29, 1.82) is 0 Å². The van der Waals surface area contributed by atoms with Gasteiger partial charge in [0.05, 0.1) is 0 Å². The fraction of sp³-hybridized carbons (Fsp3) is 0.296.